The van der Waals surface area contributed by atoms with Gasteiger partial charge in [-0.25, -0.2) is 19.2 Å². The highest BCUT2D eigenvalue weighted by Gasteiger charge is 2.46. The molecule has 67 heavy (non-hydrogen) atoms. The van der Waals surface area contributed by atoms with Crippen LogP contribution in [0.1, 0.15) is 89.9 Å². The topological polar surface area (TPSA) is 244 Å². The molecule has 368 valence electrons. The van der Waals surface area contributed by atoms with Gasteiger partial charge < -0.3 is 65.0 Å². The lowest BCUT2D eigenvalue weighted by molar-refractivity contribution is -0.152. The number of benzene rings is 2. The number of carbonyl (C=O) groups excluding carboxylic acids is 6. The van der Waals surface area contributed by atoms with Crippen LogP contribution in [0.5, 0.6) is 11.5 Å². The number of ether oxygens (including phenoxy) is 5. The summed E-state index contributed by atoms with van der Waals surface area (Å²) < 4.78 is 27.4. The number of phenolic OH excluding ortho intramolecular Hbond substituents is 1. The lowest BCUT2D eigenvalue weighted by Crippen LogP contribution is -2.56. The highest BCUT2D eigenvalue weighted by molar-refractivity contribution is 5.96. The molecule has 3 heterocycles. The fourth-order valence-electron chi connectivity index (χ4n) is 9.77. The zero-order valence-electron chi connectivity index (χ0n) is 38.7. The third-order valence-electron chi connectivity index (χ3n) is 13.1. The molecule has 4 bridgehead atoms. The van der Waals surface area contributed by atoms with Crippen LogP contribution in [0.4, 0.5) is 21.0 Å². The summed E-state index contributed by atoms with van der Waals surface area (Å²) in [5, 5.41) is 29.9. The maximum atomic E-state index is 13.7. The molecule has 19 nitrogen and oxygen atoms in total. The van der Waals surface area contributed by atoms with Crippen LogP contribution in [0, 0.1) is 11.8 Å². The van der Waals surface area contributed by atoms with E-state index in [-0.39, 0.29) is 54.8 Å². The van der Waals surface area contributed by atoms with Crippen molar-refractivity contribution in [2.24, 2.45) is 11.8 Å². The number of likely N-dealkylation sites (tertiary alicyclic amines) is 1. The van der Waals surface area contributed by atoms with Crippen LogP contribution in [-0.2, 0) is 38.1 Å². The van der Waals surface area contributed by atoms with E-state index in [1.165, 1.54) is 31.3 Å². The molecule has 2 aromatic rings. The summed E-state index contributed by atoms with van der Waals surface area (Å²) in [6.45, 7) is 1.75. The Morgan fingerprint density at radius 3 is 2.28 bits per heavy atom. The molecule has 0 aromatic heterocycles. The number of nitrogens with one attached hydrogen (secondary N) is 4. The standard InChI is InChI=1S/C24H35N3O7.C24H33N3O6/c1-33-23(31)20-14-19(34-12-6-11-28)15-27(20)22(30)21(16-7-3-2-4-8-16)26-24(32)25-17-9-5-10-18(29)13-17;1-31-23(29)20-14-19-15-27(20)22(28)21(16-7-3-2-4-8-16)26-24(30)25-17-9-5-10-18(13-17)32-11-6-12-33-19/h5,9-10,13,16,19-21,28-29H,2-4,6-8,11-12,14-15H2,1H3,(H2,25,26,32);5,9-10,13,16,19-21H,2-4,6-8,11-12,14-15H2,1H3,(H2,25,26,30)/t2*19-,20+,21+/m11/s1. The zero-order valence-corrected chi connectivity index (χ0v) is 38.7. The number of hydrogen-bond donors (Lipinski definition) is 6. The van der Waals surface area contributed by atoms with Crippen LogP contribution in [0.3, 0.4) is 0 Å². The number of fused-ring (bicyclic) bond motifs is 4. The first kappa shape index (κ1) is 50.7. The van der Waals surface area contributed by atoms with E-state index in [9.17, 15) is 33.9 Å². The van der Waals surface area contributed by atoms with Crippen LogP contribution in [0.15, 0.2) is 48.5 Å². The first-order valence-corrected chi connectivity index (χ1v) is 23.8. The molecular formula is C48H68N6O13. The minimum Gasteiger partial charge on any atom is -0.508 e. The van der Waals surface area contributed by atoms with Crippen LogP contribution < -0.4 is 26.0 Å². The summed E-state index contributed by atoms with van der Waals surface area (Å²) in [6.07, 6.45) is 10.7. The lowest BCUT2D eigenvalue weighted by atomic mass is 9.83. The Labute approximate surface area is 391 Å². The summed E-state index contributed by atoms with van der Waals surface area (Å²) in [5.41, 5.74) is 0.982. The molecule has 7 rings (SSSR count). The quantitative estimate of drug-likeness (QED) is 0.132. The van der Waals surface area contributed by atoms with E-state index < -0.39 is 48.2 Å². The minimum atomic E-state index is -0.805. The number of rotatable bonds is 11. The summed E-state index contributed by atoms with van der Waals surface area (Å²) in [5.74, 6) is -0.927. The number of amides is 6. The van der Waals surface area contributed by atoms with Crippen molar-refractivity contribution in [1.29, 1.82) is 0 Å². The number of aromatic hydroxyl groups is 1. The number of nitrogens with zero attached hydrogens (tertiary/aromatic N) is 2. The van der Waals surface area contributed by atoms with Crippen molar-refractivity contribution in [3.63, 3.8) is 0 Å². The molecule has 0 radical (unpaired) electrons. The molecule has 2 saturated carbocycles. The molecule has 4 fully saturated rings. The Kier molecular flexibility index (Phi) is 19.3. The molecule has 6 amide bonds. The molecule has 2 saturated heterocycles. The molecule has 5 aliphatic rings. The van der Waals surface area contributed by atoms with Crippen LogP contribution in [-0.4, -0.2) is 146 Å². The summed E-state index contributed by atoms with van der Waals surface area (Å²) >= 11 is 0. The van der Waals surface area contributed by atoms with Crippen LogP contribution in [0.2, 0.25) is 0 Å². The van der Waals surface area contributed by atoms with Crippen molar-refractivity contribution in [2.75, 3.05) is 64.4 Å². The second kappa shape index (κ2) is 25.5. The molecule has 3 aliphatic heterocycles. The van der Waals surface area contributed by atoms with E-state index in [0.717, 1.165) is 64.2 Å². The van der Waals surface area contributed by atoms with Gasteiger partial charge in [-0.3, -0.25) is 9.59 Å². The van der Waals surface area contributed by atoms with Crippen molar-refractivity contribution >= 4 is 47.2 Å². The third kappa shape index (κ3) is 14.4. The van der Waals surface area contributed by atoms with E-state index in [1.807, 2.05) is 6.07 Å². The number of aliphatic hydroxyl groups excluding tert-OH is 1. The second-order valence-electron chi connectivity index (χ2n) is 17.8. The average molecular weight is 937 g/mol. The number of esters is 2. The highest BCUT2D eigenvalue weighted by Crippen LogP contribution is 2.32. The van der Waals surface area contributed by atoms with Gasteiger partial charge in [0.1, 0.15) is 35.7 Å². The second-order valence-corrected chi connectivity index (χ2v) is 17.8. The first-order chi connectivity index (χ1) is 32.5. The molecular weight excluding hydrogens is 869 g/mol. The molecule has 2 aliphatic carbocycles. The number of aliphatic hydroxyl groups is 1. The Hall–Kier alpha value is -5.66. The van der Waals surface area contributed by atoms with Gasteiger partial charge in [-0.2, -0.15) is 0 Å². The van der Waals surface area contributed by atoms with E-state index in [2.05, 4.69) is 21.3 Å². The number of methoxy groups -OCH3 is 2. The summed E-state index contributed by atoms with van der Waals surface area (Å²) in [4.78, 5) is 81.1. The Morgan fingerprint density at radius 1 is 0.851 bits per heavy atom. The van der Waals surface area contributed by atoms with Crippen molar-refractivity contribution in [3.8, 4) is 11.5 Å². The number of anilines is 2. The maximum absolute atomic E-state index is 13.7. The van der Waals surface area contributed by atoms with Crippen molar-refractivity contribution < 1.29 is 62.7 Å². The molecule has 6 atom stereocenters. The fourth-order valence-corrected chi connectivity index (χ4v) is 9.77. The number of hydrogen-bond acceptors (Lipinski definition) is 13. The van der Waals surface area contributed by atoms with Gasteiger partial charge in [0.15, 0.2) is 0 Å². The van der Waals surface area contributed by atoms with Crippen molar-refractivity contribution in [2.45, 2.75) is 126 Å². The third-order valence-corrected chi connectivity index (χ3v) is 13.1. The monoisotopic (exact) mass is 936 g/mol. The smallest absolute Gasteiger partial charge is 0.328 e. The van der Waals surface area contributed by atoms with E-state index in [0.29, 0.717) is 69.2 Å². The molecule has 0 spiro atoms. The molecule has 6 N–H and O–H groups in total. The van der Waals surface area contributed by atoms with Crippen molar-refractivity contribution in [1.82, 2.24) is 20.4 Å². The zero-order chi connectivity index (χ0) is 47.7. The van der Waals surface area contributed by atoms with E-state index in [4.69, 9.17) is 28.8 Å². The number of urea groups is 2. The maximum Gasteiger partial charge on any atom is 0.328 e. The number of carbonyl (C=O) groups is 6. The normalized spacial score (nSPS) is 24.4. The average Bonchev–Trinajstić information content (AvgIpc) is 3.97. The summed E-state index contributed by atoms with van der Waals surface area (Å²) in [6, 6.07) is 9.28. The predicted molar refractivity (Wildman–Crippen MR) is 245 cm³/mol. The number of phenols is 1. The predicted octanol–water partition coefficient (Wildman–Crippen LogP) is 4.70. The Balaban J connectivity index is 0.000000221. The van der Waals surface area contributed by atoms with Gasteiger partial charge in [-0.05, 0) is 68.2 Å². The molecule has 2 aromatic carbocycles. The van der Waals surface area contributed by atoms with Gasteiger partial charge in [0.25, 0.3) is 0 Å². The Bertz CT molecular complexity index is 1980. The Morgan fingerprint density at radius 2 is 1.57 bits per heavy atom. The van der Waals surface area contributed by atoms with Crippen LogP contribution >= 0.6 is 0 Å². The van der Waals surface area contributed by atoms with E-state index in [1.54, 1.807) is 35.2 Å². The van der Waals surface area contributed by atoms with Gasteiger partial charge in [-0.1, -0.05) is 50.7 Å². The minimum absolute atomic E-state index is 0.00221. The largest absolute Gasteiger partial charge is 0.508 e. The van der Waals surface area contributed by atoms with Gasteiger partial charge in [0.05, 0.1) is 39.6 Å². The highest BCUT2D eigenvalue weighted by atomic mass is 16.5. The van der Waals surface area contributed by atoms with Crippen molar-refractivity contribution in [3.05, 3.63) is 48.5 Å². The first-order valence-electron chi connectivity index (χ1n) is 23.8. The van der Waals surface area contributed by atoms with Gasteiger partial charge in [-0.15, -0.1) is 0 Å². The molecule has 19 heteroatoms. The van der Waals surface area contributed by atoms with E-state index >= 15 is 0 Å². The lowest BCUT2D eigenvalue weighted by Gasteiger charge is -2.34. The van der Waals surface area contributed by atoms with Crippen LogP contribution in [0.25, 0.3) is 0 Å². The molecule has 0 unspecified atom stereocenters. The SMILES string of the molecule is COC(=O)[C@@H]1C[C@@H](OCCCO)CN1C(=O)[C@@H](NC(=O)Nc1cccc(O)c1)C1CCCCC1.COC(=O)[C@@H]1C[C@@H]2CN1C(=O)[C@H](C1CCCCC1)NC(=O)Nc1cccc(c1)OCCCO2. The summed E-state index contributed by atoms with van der Waals surface area (Å²) in [7, 11) is 2.61. The van der Waals surface area contributed by atoms with Gasteiger partial charge >= 0.3 is 24.0 Å². The fraction of sp³-hybridized carbons (Fsp3) is 0.625. The van der Waals surface area contributed by atoms with Gasteiger partial charge in [0, 0.05) is 69.1 Å². The van der Waals surface area contributed by atoms with Gasteiger partial charge in [0.2, 0.25) is 11.8 Å².